The first-order chi connectivity index (χ1) is 14.9. The number of nitrogens with two attached hydrogens (primary N) is 1. The summed E-state index contributed by atoms with van der Waals surface area (Å²) in [6.07, 6.45) is -2.37. The molecule has 3 aromatic rings. The van der Waals surface area contributed by atoms with Crippen LogP contribution < -0.4 is 11.2 Å². The average Bonchev–Trinajstić information content (AvgIpc) is 3.26. The van der Waals surface area contributed by atoms with Crippen LogP contribution in [0.1, 0.15) is 11.8 Å². The van der Waals surface area contributed by atoms with Crippen LogP contribution in [-0.2, 0) is 4.74 Å². The van der Waals surface area contributed by atoms with Gasteiger partial charge in [-0.1, -0.05) is 12.1 Å². The number of benzene rings is 1. The van der Waals surface area contributed by atoms with Crippen molar-refractivity contribution in [3.05, 3.63) is 46.3 Å². The Hall–Kier alpha value is -3.72. The molecule has 4 atom stereocenters. The third-order valence-electron chi connectivity index (χ3n) is 4.74. The highest BCUT2D eigenvalue weighted by atomic mass is 16.6. The first kappa shape index (κ1) is 20.5. The second-order valence-corrected chi connectivity index (χ2v) is 6.69. The fourth-order valence-electron chi connectivity index (χ4n) is 3.22. The third-order valence-corrected chi connectivity index (χ3v) is 4.74. The second kappa shape index (κ2) is 8.19. The maximum atomic E-state index is 10.9. The molecule has 162 valence electrons. The molecule has 6 N–H and O–H groups in total. The van der Waals surface area contributed by atoms with Crippen LogP contribution in [0.5, 0.6) is 0 Å². The zero-order valence-electron chi connectivity index (χ0n) is 15.8. The highest BCUT2D eigenvalue weighted by molar-refractivity contribution is 5.85. The molecule has 0 spiro atoms. The minimum Gasteiger partial charge on any atom is -0.394 e. The molecule has 4 rings (SSSR count). The molecule has 3 heterocycles. The van der Waals surface area contributed by atoms with E-state index in [1.807, 2.05) is 0 Å². The molecule has 14 nitrogen and oxygen atoms in total. The number of rotatable bonds is 6. The Morgan fingerprint density at radius 3 is 2.87 bits per heavy atom. The minimum absolute atomic E-state index is 0.0544. The summed E-state index contributed by atoms with van der Waals surface area (Å²) in [6.45, 7) is -0.508. The van der Waals surface area contributed by atoms with Gasteiger partial charge < -0.3 is 25.8 Å². The molecule has 2 aromatic heterocycles. The summed E-state index contributed by atoms with van der Waals surface area (Å²) in [5.41, 5.74) is 9.30. The standard InChI is InChI=1S/C17H18N8O6/c18-14-11-15(20-7-19-14)24(16-13(28)12(27)10(6-26)31-16)17(22-11)23-21-5-8-2-1-3-9(4-8)25(29)30/h1-5,7,10,12-13,16,26-28H,6H2,(H,22,23)(H2,18,19,20)/t10-,12-,13-,16-/m1/s1. The molecule has 0 radical (unpaired) electrons. The van der Waals surface area contributed by atoms with E-state index in [0.29, 0.717) is 5.56 Å². The summed E-state index contributed by atoms with van der Waals surface area (Å²) in [4.78, 5) is 22.7. The Balaban J connectivity index is 1.69. The van der Waals surface area contributed by atoms with E-state index >= 15 is 0 Å². The topological polar surface area (TPSA) is 207 Å². The van der Waals surface area contributed by atoms with Crippen LogP contribution in [0.15, 0.2) is 35.7 Å². The SMILES string of the molecule is Nc1ncnc2c1nc(NN=Cc1cccc([N+](=O)[O-])c1)n2[C@@H]1O[C@H](CO)[C@@H](O)[C@H]1O. The van der Waals surface area contributed by atoms with Crippen molar-refractivity contribution in [2.75, 3.05) is 17.8 Å². The lowest BCUT2D eigenvalue weighted by Gasteiger charge is -2.18. The fourth-order valence-corrected chi connectivity index (χ4v) is 3.22. The van der Waals surface area contributed by atoms with Gasteiger partial charge in [-0.3, -0.25) is 14.7 Å². The molecule has 0 amide bonds. The summed E-state index contributed by atoms with van der Waals surface area (Å²) in [6, 6.07) is 5.83. The smallest absolute Gasteiger partial charge is 0.270 e. The van der Waals surface area contributed by atoms with E-state index in [4.69, 9.17) is 10.5 Å². The molecule has 14 heteroatoms. The van der Waals surface area contributed by atoms with Crippen molar-refractivity contribution in [1.29, 1.82) is 0 Å². The number of hydrazone groups is 1. The van der Waals surface area contributed by atoms with Gasteiger partial charge in [-0.05, 0) is 0 Å². The quantitative estimate of drug-likeness (QED) is 0.189. The van der Waals surface area contributed by atoms with Crippen molar-refractivity contribution < 1.29 is 25.0 Å². The van der Waals surface area contributed by atoms with Crippen LogP contribution in [0.3, 0.4) is 0 Å². The Bertz CT molecular complexity index is 1150. The number of hydrogen-bond acceptors (Lipinski definition) is 12. The van der Waals surface area contributed by atoms with E-state index in [1.165, 1.54) is 35.3 Å². The summed E-state index contributed by atoms with van der Waals surface area (Å²) < 4.78 is 6.91. The lowest BCUT2D eigenvalue weighted by molar-refractivity contribution is -0.384. The monoisotopic (exact) mass is 430 g/mol. The molecule has 1 saturated heterocycles. The predicted molar refractivity (Wildman–Crippen MR) is 107 cm³/mol. The predicted octanol–water partition coefficient (Wildman–Crippen LogP) is -0.626. The highest BCUT2D eigenvalue weighted by Crippen LogP contribution is 2.35. The van der Waals surface area contributed by atoms with Gasteiger partial charge in [0.2, 0.25) is 5.95 Å². The fraction of sp³-hybridized carbons (Fsp3) is 0.294. The highest BCUT2D eigenvalue weighted by Gasteiger charge is 2.45. The van der Waals surface area contributed by atoms with Gasteiger partial charge >= 0.3 is 0 Å². The molecule has 1 aliphatic heterocycles. The van der Waals surface area contributed by atoms with Crippen molar-refractivity contribution in [1.82, 2.24) is 19.5 Å². The lowest BCUT2D eigenvalue weighted by atomic mass is 10.1. The number of aliphatic hydroxyl groups is 3. The van der Waals surface area contributed by atoms with Crippen molar-refractivity contribution in [3.63, 3.8) is 0 Å². The van der Waals surface area contributed by atoms with Gasteiger partial charge in [-0.2, -0.15) is 5.10 Å². The maximum Gasteiger partial charge on any atom is 0.270 e. The number of non-ortho nitro benzene ring substituents is 1. The molecule has 1 aliphatic rings. The number of hydrogen-bond donors (Lipinski definition) is 5. The van der Waals surface area contributed by atoms with Crippen molar-refractivity contribution in [3.8, 4) is 0 Å². The van der Waals surface area contributed by atoms with E-state index < -0.39 is 36.1 Å². The number of nitrogens with one attached hydrogen (secondary N) is 1. The lowest BCUT2D eigenvalue weighted by Crippen LogP contribution is -2.33. The maximum absolute atomic E-state index is 10.9. The molecule has 0 saturated carbocycles. The van der Waals surface area contributed by atoms with E-state index in [1.54, 1.807) is 6.07 Å². The average molecular weight is 430 g/mol. The zero-order valence-corrected chi connectivity index (χ0v) is 15.8. The number of aromatic nitrogens is 4. The Labute approximate surface area is 173 Å². The molecule has 1 fully saturated rings. The molecule has 0 unspecified atom stereocenters. The van der Waals surface area contributed by atoms with Crippen LogP contribution in [0, 0.1) is 10.1 Å². The van der Waals surface area contributed by atoms with Gasteiger partial charge in [0, 0.05) is 17.7 Å². The number of fused-ring (bicyclic) bond motifs is 1. The first-order valence-corrected chi connectivity index (χ1v) is 9.05. The number of nitrogens with zero attached hydrogens (tertiary/aromatic N) is 6. The number of ether oxygens (including phenoxy) is 1. The van der Waals surface area contributed by atoms with Crippen LogP contribution >= 0.6 is 0 Å². The van der Waals surface area contributed by atoms with Gasteiger partial charge in [0.15, 0.2) is 23.2 Å². The van der Waals surface area contributed by atoms with E-state index in [-0.39, 0.29) is 28.6 Å². The van der Waals surface area contributed by atoms with E-state index in [9.17, 15) is 25.4 Å². The minimum atomic E-state index is -1.40. The summed E-state index contributed by atoms with van der Waals surface area (Å²) in [7, 11) is 0. The van der Waals surface area contributed by atoms with Gasteiger partial charge in [0.05, 0.1) is 17.7 Å². The van der Waals surface area contributed by atoms with Gasteiger partial charge in [0.25, 0.3) is 5.69 Å². The van der Waals surface area contributed by atoms with Gasteiger partial charge in [0.1, 0.15) is 24.6 Å². The Kier molecular flexibility index (Phi) is 5.43. The Morgan fingerprint density at radius 2 is 2.16 bits per heavy atom. The number of nitrogen functional groups attached to an aromatic ring is 1. The van der Waals surface area contributed by atoms with Crippen LogP contribution in [-0.4, -0.2) is 70.9 Å². The molecule has 31 heavy (non-hydrogen) atoms. The van der Waals surface area contributed by atoms with Gasteiger partial charge in [-0.25, -0.2) is 20.4 Å². The normalized spacial score (nSPS) is 23.6. The number of nitro benzene ring substituents is 1. The Morgan fingerprint density at radius 1 is 1.35 bits per heavy atom. The van der Waals surface area contributed by atoms with Crippen LogP contribution in [0.4, 0.5) is 17.5 Å². The van der Waals surface area contributed by atoms with E-state index in [2.05, 4.69) is 25.5 Å². The summed E-state index contributed by atoms with van der Waals surface area (Å²) in [5, 5.41) is 44.9. The molecule has 0 aliphatic carbocycles. The molecule has 0 bridgehead atoms. The largest absolute Gasteiger partial charge is 0.394 e. The van der Waals surface area contributed by atoms with Crippen LogP contribution in [0.25, 0.3) is 11.2 Å². The molecular weight excluding hydrogens is 412 g/mol. The molecular formula is C17H18N8O6. The second-order valence-electron chi connectivity index (χ2n) is 6.69. The molecule has 1 aromatic carbocycles. The third kappa shape index (κ3) is 3.75. The summed E-state index contributed by atoms with van der Waals surface area (Å²) >= 11 is 0. The van der Waals surface area contributed by atoms with Crippen LogP contribution in [0.2, 0.25) is 0 Å². The number of aliphatic hydroxyl groups excluding tert-OH is 3. The van der Waals surface area contributed by atoms with Crippen molar-refractivity contribution in [2.45, 2.75) is 24.5 Å². The van der Waals surface area contributed by atoms with Crippen molar-refractivity contribution in [2.24, 2.45) is 5.10 Å². The number of imidazole rings is 1. The van der Waals surface area contributed by atoms with Crippen molar-refractivity contribution >= 4 is 34.8 Å². The zero-order chi connectivity index (χ0) is 22.1. The van der Waals surface area contributed by atoms with Gasteiger partial charge in [-0.15, -0.1) is 0 Å². The number of nitro groups is 1. The number of anilines is 2. The first-order valence-electron chi connectivity index (χ1n) is 9.05. The summed E-state index contributed by atoms with van der Waals surface area (Å²) in [5.74, 6) is 0.125. The van der Waals surface area contributed by atoms with E-state index in [0.717, 1.165) is 0 Å².